The van der Waals surface area contributed by atoms with E-state index in [1.165, 1.54) is 11.8 Å². The van der Waals surface area contributed by atoms with E-state index in [9.17, 15) is 4.79 Å². The number of carboxylic acids is 1. The number of rotatable bonds is 3. The molecule has 0 heterocycles. The van der Waals surface area contributed by atoms with Crippen LogP contribution in [0.4, 0.5) is 0 Å². The minimum absolute atomic E-state index is 0.278. The van der Waals surface area contributed by atoms with Gasteiger partial charge in [0, 0.05) is 9.79 Å². The van der Waals surface area contributed by atoms with Crippen LogP contribution < -0.4 is 0 Å². The van der Waals surface area contributed by atoms with E-state index in [4.69, 9.17) is 10.4 Å². The van der Waals surface area contributed by atoms with Gasteiger partial charge < -0.3 is 5.11 Å². The molecule has 0 aliphatic heterocycles. The summed E-state index contributed by atoms with van der Waals surface area (Å²) in [6.45, 7) is 1.90. The lowest BCUT2D eigenvalue weighted by Gasteiger charge is -2.04. The van der Waals surface area contributed by atoms with Crippen LogP contribution in [0.3, 0.4) is 0 Å². The number of aryl methyl sites for hydroxylation is 1. The summed E-state index contributed by atoms with van der Waals surface area (Å²) in [4.78, 5) is 12.7. The standard InChI is InChI=1S/C15H11NO2S/c1-10-8-14(7-4-12(10)9-16)19-13-5-2-11(3-6-13)15(17)18/h2-8H,1H3,(H,17,18). The van der Waals surface area contributed by atoms with Crippen LogP contribution in [-0.4, -0.2) is 11.1 Å². The Morgan fingerprint density at radius 1 is 1.16 bits per heavy atom. The highest BCUT2D eigenvalue weighted by Crippen LogP contribution is 2.29. The highest BCUT2D eigenvalue weighted by molar-refractivity contribution is 7.99. The van der Waals surface area contributed by atoms with E-state index in [-0.39, 0.29) is 5.56 Å². The molecule has 0 radical (unpaired) electrons. The minimum atomic E-state index is -0.925. The van der Waals surface area contributed by atoms with Crippen LogP contribution in [0.15, 0.2) is 52.3 Å². The second kappa shape index (κ2) is 5.59. The molecule has 0 bridgehead atoms. The second-order valence-electron chi connectivity index (χ2n) is 4.02. The van der Waals surface area contributed by atoms with Crippen LogP contribution in [0.5, 0.6) is 0 Å². The van der Waals surface area contributed by atoms with Gasteiger partial charge in [-0.25, -0.2) is 4.79 Å². The molecular formula is C15H11NO2S. The quantitative estimate of drug-likeness (QED) is 0.922. The molecule has 2 aromatic carbocycles. The van der Waals surface area contributed by atoms with Gasteiger partial charge in [-0.3, -0.25) is 0 Å². The lowest BCUT2D eigenvalue weighted by molar-refractivity contribution is 0.0697. The predicted octanol–water partition coefficient (Wildman–Crippen LogP) is 3.72. The van der Waals surface area contributed by atoms with Crippen LogP contribution in [0.25, 0.3) is 0 Å². The van der Waals surface area contributed by atoms with Gasteiger partial charge in [0.05, 0.1) is 17.2 Å². The van der Waals surface area contributed by atoms with Gasteiger partial charge in [-0.2, -0.15) is 5.26 Å². The highest BCUT2D eigenvalue weighted by Gasteiger charge is 2.04. The zero-order valence-corrected chi connectivity index (χ0v) is 11.1. The monoisotopic (exact) mass is 269 g/mol. The Labute approximate surface area is 115 Å². The van der Waals surface area contributed by atoms with Crippen LogP contribution >= 0.6 is 11.8 Å². The molecule has 0 atom stereocenters. The number of carboxylic acid groups (broad SMARTS) is 1. The molecule has 0 aliphatic carbocycles. The van der Waals surface area contributed by atoms with Gasteiger partial charge in [0.25, 0.3) is 0 Å². The largest absolute Gasteiger partial charge is 0.478 e. The van der Waals surface area contributed by atoms with E-state index in [0.29, 0.717) is 5.56 Å². The van der Waals surface area contributed by atoms with Crippen molar-refractivity contribution in [2.45, 2.75) is 16.7 Å². The third-order valence-corrected chi connectivity index (χ3v) is 3.65. The summed E-state index contributed by atoms with van der Waals surface area (Å²) in [7, 11) is 0. The molecule has 0 saturated heterocycles. The third-order valence-electron chi connectivity index (χ3n) is 2.66. The first-order chi connectivity index (χ1) is 9.10. The van der Waals surface area contributed by atoms with Gasteiger partial charge in [0.15, 0.2) is 0 Å². The van der Waals surface area contributed by atoms with Crippen molar-refractivity contribution in [2.75, 3.05) is 0 Å². The first-order valence-electron chi connectivity index (χ1n) is 5.62. The molecule has 94 valence electrons. The highest BCUT2D eigenvalue weighted by atomic mass is 32.2. The summed E-state index contributed by atoms with van der Waals surface area (Å²) in [6, 6.07) is 14.5. The van der Waals surface area contributed by atoms with Gasteiger partial charge in [-0.15, -0.1) is 0 Å². The predicted molar refractivity (Wildman–Crippen MR) is 73.4 cm³/mol. The maximum absolute atomic E-state index is 10.7. The fourth-order valence-electron chi connectivity index (χ4n) is 1.63. The average molecular weight is 269 g/mol. The van der Waals surface area contributed by atoms with E-state index < -0.39 is 5.97 Å². The van der Waals surface area contributed by atoms with Crippen molar-refractivity contribution in [1.29, 1.82) is 5.26 Å². The molecular weight excluding hydrogens is 258 g/mol. The van der Waals surface area contributed by atoms with Gasteiger partial charge in [-0.05, 0) is 55.0 Å². The Morgan fingerprint density at radius 3 is 2.32 bits per heavy atom. The number of carbonyl (C=O) groups is 1. The van der Waals surface area contributed by atoms with Gasteiger partial charge in [0.2, 0.25) is 0 Å². The van der Waals surface area contributed by atoms with Crippen molar-refractivity contribution in [3.63, 3.8) is 0 Å². The Hall–Kier alpha value is -2.25. The summed E-state index contributed by atoms with van der Waals surface area (Å²) in [5, 5.41) is 17.7. The fraction of sp³-hybridized carbons (Fsp3) is 0.0667. The van der Waals surface area contributed by atoms with Gasteiger partial charge in [0.1, 0.15) is 0 Å². The molecule has 1 N–H and O–H groups in total. The first-order valence-corrected chi connectivity index (χ1v) is 6.44. The Bertz CT molecular complexity index is 657. The third kappa shape index (κ3) is 3.15. The topological polar surface area (TPSA) is 61.1 Å². The summed E-state index contributed by atoms with van der Waals surface area (Å²) in [6.07, 6.45) is 0. The van der Waals surface area contributed by atoms with E-state index in [2.05, 4.69) is 6.07 Å². The Kier molecular flexibility index (Phi) is 3.88. The molecule has 0 fully saturated rings. The molecule has 0 amide bonds. The second-order valence-corrected chi connectivity index (χ2v) is 5.17. The van der Waals surface area contributed by atoms with E-state index in [1.807, 2.05) is 19.1 Å². The average Bonchev–Trinajstić information content (AvgIpc) is 2.39. The van der Waals surface area contributed by atoms with Gasteiger partial charge in [-0.1, -0.05) is 11.8 Å². The van der Waals surface area contributed by atoms with Crippen LogP contribution in [-0.2, 0) is 0 Å². The number of nitrogens with zero attached hydrogens (tertiary/aromatic N) is 1. The fourth-order valence-corrected chi connectivity index (χ4v) is 2.54. The van der Waals surface area contributed by atoms with Crippen molar-refractivity contribution < 1.29 is 9.90 Å². The van der Waals surface area contributed by atoms with Crippen molar-refractivity contribution in [3.8, 4) is 6.07 Å². The van der Waals surface area contributed by atoms with E-state index in [0.717, 1.165) is 15.4 Å². The maximum atomic E-state index is 10.7. The summed E-state index contributed by atoms with van der Waals surface area (Å²) in [5.41, 5.74) is 1.89. The molecule has 0 saturated carbocycles. The number of benzene rings is 2. The summed E-state index contributed by atoms with van der Waals surface area (Å²) in [5.74, 6) is -0.925. The zero-order valence-electron chi connectivity index (χ0n) is 10.3. The van der Waals surface area contributed by atoms with Crippen molar-refractivity contribution in [1.82, 2.24) is 0 Å². The lowest BCUT2D eigenvalue weighted by Crippen LogP contribution is -1.94. The minimum Gasteiger partial charge on any atom is -0.478 e. The molecule has 0 aromatic heterocycles. The SMILES string of the molecule is Cc1cc(Sc2ccc(C(=O)O)cc2)ccc1C#N. The molecule has 2 rings (SSSR count). The van der Waals surface area contributed by atoms with Gasteiger partial charge >= 0.3 is 5.97 Å². The normalized spacial score (nSPS) is 9.89. The molecule has 0 spiro atoms. The van der Waals surface area contributed by atoms with Crippen molar-refractivity contribution >= 4 is 17.7 Å². The Balaban J connectivity index is 2.19. The number of hydrogen-bond acceptors (Lipinski definition) is 3. The molecule has 4 heteroatoms. The van der Waals surface area contributed by atoms with Crippen LogP contribution in [0, 0.1) is 18.3 Å². The molecule has 0 aliphatic rings. The number of nitriles is 1. The van der Waals surface area contributed by atoms with Crippen LogP contribution in [0.1, 0.15) is 21.5 Å². The van der Waals surface area contributed by atoms with Crippen LogP contribution in [0.2, 0.25) is 0 Å². The Morgan fingerprint density at radius 2 is 1.79 bits per heavy atom. The summed E-state index contributed by atoms with van der Waals surface area (Å²) < 4.78 is 0. The lowest BCUT2D eigenvalue weighted by atomic mass is 10.1. The zero-order chi connectivity index (χ0) is 13.8. The number of aromatic carboxylic acids is 1. The van der Waals surface area contributed by atoms with Crippen molar-refractivity contribution in [3.05, 3.63) is 59.2 Å². The smallest absolute Gasteiger partial charge is 0.335 e. The number of hydrogen-bond donors (Lipinski definition) is 1. The van der Waals surface area contributed by atoms with E-state index >= 15 is 0 Å². The molecule has 2 aromatic rings. The molecule has 3 nitrogen and oxygen atoms in total. The van der Waals surface area contributed by atoms with E-state index in [1.54, 1.807) is 30.3 Å². The summed E-state index contributed by atoms with van der Waals surface area (Å²) >= 11 is 1.54. The molecule has 0 unspecified atom stereocenters. The maximum Gasteiger partial charge on any atom is 0.335 e. The molecule has 19 heavy (non-hydrogen) atoms. The first kappa shape index (κ1) is 13.2. The van der Waals surface area contributed by atoms with Crippen molar-refractivity contribution in [2.24, 2.45) is 0 Å².